The van der Waals surface area contributed by atoms with E-state index in [-0.39, 0.29) is 18.1 Å². The summed E-state index contributed by atoms with van der Waals surface area (Å²) in [7, 11) is 1.68. The minimum atomic E-state index is -0.205. The number of hydrogen-bond donors (Lipinski definition) is 2. The van der Waals surface area contributed by atoms with Gasteiger partial charge in [-0.3, -0.25) is 9.69 Å². The van der Waals surface area contributed by atoms with Gasteiger partial charge in [0.25, 0.3) is 5.91 Å². The molecule has 0 bridgehead atoms. The van der Waals surface area contributed by atoms with Gasteiger partial charge in [-0.25, -0.2) is 0 Å². The number of H-pyrrole nitrogens is 1. The molecule has 0 spiro atoms. The number of aromatic nitrogens is 3. The van der Waals surface area contributed by atoms with Crippen LogP contribution < -0.4 is 5.32 Å². The highest BCUT2D eigenvalue weighted by atomic mass is 16.5. The molecule has 0 aliphatic carbocycles. The molecule has 0 aromatic carbocycles. The summed E-state index contributed by atoms with van der Waals surface area (Å²) in [5.41, 5.74) is 0.947. The molecule has 0 saturated carbocycles. The van der Waals surface area contributed by atoms with Crippen LogP contribution in [0.5, 0.6) is 0 Å². The van der Waals surface area contributed by atoms with Crippen molar-refractivity contribution in [2.24, 2.45) is 0 Å². The Kier molecular flexibility index (Phi) is 4.16. The average Bonchev–Trinajstić information content (AvgIpc) is 2.95. The number of methoxy groups -OCH3 is 1. The Bertz CT molecular complexity index is 445. The minimum Gasteiger partial charge on any atom is -0.378 e. The van der Waals surface area contributed by atoms with Gasteiger partial charge in [0, 0.05) is 26.2 Å². The second kappa shape index (κ2) is 5.66. The summed E-state index contributed by atoms with van der Waals surface area (Å²) >= 11 is 0. The maximum atomic E-state index is 12.1. The molecule has 2 heterocycles. The lowest BCUT2D eigenvalue weighted by Crippen LogP contribution is -2.44. The number of nitrogens with one attached hydrogen (secondary N) is 2. The number of likely N-dealkylation sites (tertiary alicyclic amines) is 1. The molecular weight excluding hydrogens is 246 g/mol. The van der Waals surface area contributed by atoms with Crippen molar-refractivity contribution in [2.45, 2.75) is 39.0 Å². The van der Waals surface area contributed by atoms with E-state index in [2.05, 4.69) is 39.5 Å². The fraction of sp³-hybridized carbons (Fsp3) is 0.750. The van der Waals surface area contributed by atoms with E-state index >= 15 is 0 Å². The van der Waals surface area contributed by atoms with Crippen LogP contribution in [0.25, 0.3) is 0 Å². The second-order valence-corrected chi connectivity index (χ2v) is 5.16. The maximum absolute atomic E-state index is 12.1. The third-order valence-corrected chi connectivity index (χ3v) is 3.58. The minimum absolute atomic E-state index is 0.0126. The van der Waals surface area contributed by atoms with Crippen LogP contribution in [0.1, 0.15) is 30.0 Å². The molecule has 1 saturated heterocycles. The smallest absolute Gasteiger partial charge is 0.274 e. The summed E-state index contributed by atoms with van der Waals surface area (Å²) in [4.78, 5) is 14.4. The van der Waals surface area contributed by atoms with Crippen LogP contribution in [-0.4, -0.2) is 64.6 Å². The third kappa shape index (κ3) is 2.93. The first-order valence-electron chi connectivity index (χ1n) is 6.48. The molecule has 1 aromatic rings. The Morgan fingerprint density at radius 2 is 2.21 bits per heavy atom. The number of aryl methyl sites for hydroxylation is 1. The molecule has 106 valence electrons. The summed E-state index contributed by atoms with van der Waals surface area (Å²) in [6.07, 6.45) is 0.0126. The first-order chi connectivity index (χ1) is 9.02. The zero-order valence-electron chi connectivity index (χ0n) is 11.8. The molecule has 2 rings (SSSR count). The van der Waals surface area contributed by atoms with Crippen molar-refractivity contribution in [2.75, 3.05) is 20.2 Å². The fourth-order valence-corrected chi connectivity index (χ4v) is 2.34. The van der Waals surface area contributed by atoms with Gasteiger partial charge in [0.15, 0.2) is 5.69 Å². The van der Waals surface area contributed by atoms with Gasteiger partial charge in [-0.1, -0.05) is 0 Å². The Morgan fingerprint density at radius 1 is 1.47 bits per heavy atom. The van der Waals surface area contributed by atoms with Crippen molar-refractivity contribution in [3.63, 3.8) is 0 Å². The summed E-state index contributed by atoms with van der Waals surface area (Å²) in [6.45, 7) is 7.65. The SMILES string of the molecule is CO[C@H]1CN(C(C)C)C[C@@H]1NC(=O)c1n[nH]nc1C. The van der Waals surface area contributed by atoms with Gasteiger partial charge in [0.2, 0.25) is 0 Å². The number of hydrogen-bond acceptors (Lipinski definition) is 5. The molecule has 1 aromatic heterocycles. The van der Waals surface area contributed by atoms with Gasteiger partial charge >= 0.3 is 0 Å². The Morgan fingerprint density at radius 3 is 2.74 bits per heavy atom. The monoisotopic (exact) mass is 267 g/mol. The van der Waals surface area contributed by atoms with E-state index in [0.29, 0.717) is 17.4 Å². The predicted molar refractivity (Wildman–Crippen MR) is 69.9 cm³/mol. The van der Waals surface area contributed by atoms with Crippen LogP contribution in [0.15, 0.2) is 0 Å². The normalized spacial score (nSPS) is 24.1. The molecule has 0 radical (unpaired) electrons. The fourth-order valence-electron chi connectivity index (χ4n) is 2.34. The van der Waals surface area contributed by atoms with E-state index in [0.717, 1.165) is 13.1 Å². The lowest BCUT2D eigenvalue weighted by Gasteiger charge is -2.19. The van der Waals surface area contributed by atoms with Crippen molar-refractivity contribution in [3.05, 3.63) is 11.4 Å². The Balaban J connectivity index is 2.02. The quantitative estimate of drug-likeness (QED) is 0.799. The van der Waals surface area contributed by atoms with E-state index in [9.17, 15) is 4.79 Å². The van der Waals surface area contributed by atoms with Crippen LogP contribution in [0.4, 0.5) is 0 Å². The van der Waals surface area contributed by atoms with Gasteiger partial charge in [-0.15, -0.1) is 0 Å². The summed E-state index contributed by atoms with van der Waals surface area (Å²) in [5.74, 6) is -0.205. The van der Waals surface area contributed by atoms with Crippen molar-refractivity contribution >= 4 is 5.91 Å². The van der Waals surface area contributed by atoms with Crippen LogP contribution in [-0.2, 0) is 4.74 Å². The number of aromatic amines is 1. The molecule has 7 nitrogen and oxygen atoms in total. The third-order valence-electron chi connectivity index (χ3n) is 3.58. The van der Waals surface area contributed by atoms with Crippen molar-refractivity contribution in [3.8, 4) is 0 Å². The van der Waals surface area contributed by atoms with Gasteiger partial charge in [0.1, 0.15) is 0 Å². The zero-order chi connectivity index (χ0) is 14.0. The van der Waals surface area contributed by atoms with E-state index in [1.807, 2.05) is 0 Å². The molecule has 1 aliphatic rings. The average molecular weight is 267 g/mol. The first kappa shape index (κ1) is 14.0. The van der Waals surface area contributed by atoms with Crippen molar-refractivity contribution < 1.29 is 9.53 Å². The number of carbonyl (C=O) groups excluding carboxylic acids is 1. The predicted octanol–water partition coefficient (Wildman–Crippen LogP) is -0.0495. The number of rotatable bonds is 4. The molecule has 19 heavy (non-hydrogen) atoms. The highest BCUT2D eigenvalue weighted by Crippen LogP contribution is 2.16. The highest BCUT2D eigenvalue weighted by molar-refractivity contribution is 5.93. The lowest BCUT2D eigenvalue weighted by atomic mass is 10.2. The van der Waals surface area contributed by atoms with Crippen LogP contribution in [0.2, 0.25) is 0 Å². The highest BCUT2D eigenvalue weighted by Gasteiger charge is 2.35. The van der Waals surface area contributed by atoms with Crippen LogP contribution in [0.3, 0.4) is 0 Å². The van der Waals surface area contributed by atoms with Gasteiger partial charge < -0.3 is 10.1 Å². The van der Waals surface area contributed by atoms with E-state index < -0.39 is 0 Å². The molecule has 7 heteroatoms. The molecule has 2 atom stereocenters. The van der Waals surface area contributed by atoms with E-state index in [1.54, 1.807) is 14.0 Å². The largest absolute Gasteiger partial charge is 0.378 e. The van der Waals surface area contributed by atoms with Crippen LogP contribution >= 0.6 is 0 Å². The van der Waals surface area contributed by atoms with Crippen molar-refractivity contribution in [1.29, 1.82) is 0 Å². The van der Waals surface area contributed by atoms with Crippen molar-refractivity contribution in [1.82, 2.24) is 25.6 Å². The summed E-state index contributed by atoms with van der Waals surface area (Å²) in [6, 6.07) is 0.421. The molecule has 2 N–H and O–H groups in total. The summed E-state index contributed by atoms with van der Waals surface area (Å²) < 4.78 is 5.45. The van der Waals surface area contributed by atoms with E-state index in [4.69, 9.17) is 4.74 Å². The van der Waals surface area contributed by atoms with Gasteiger partial charge in [0.05, 0.1) is 17.8 Å². The number of amides is 1. The molecule has 1 amide bonds. The Labute approximate surface area is 112 Å². The standard InChI is InChI=1S/C12H21N5O2/c1-7(2)17-5-9(10(6-17)19-4)13-12(18)11-8(3)14-16-15-11/h7,9-10H,5-6H2,1-4H3,(H,13,18)(H,14,15,16)/t9-,10-/m0/s1. The zero-order valence-corrected chi connectivity index (χ0v) is 11.8. The van der Waals surface area contributed by atoms with Crippen LogP contribution in [0, 0.1) is 6.92 Å². The molecule has 1 fully saturated rings. The molecule has 0 unspecified atom stereocenters. The Hall–Kier alpha value is -1.47. The lowest BCUT2D eigenvalue weighted by molar-refractivity contribution is 0.0750. The summed E-state index contributed by atoms with van der Waals surface area (Å²) in [5, 5.41) is 13.1. The molecular formula is C12H21N5O2. The number of carbonyl (C=O) groups is 1. The number of ether oxygens (including phenoxy) is 1. The first-order valence-corrected chi connectivity index (χ1v) is 6.48. The maximum Gasteiger partial charge on any atom is 0.274 e. The van der Waals surface area contributed by atoms with E-state index in [1.165, 1.54) is 0 Å². The molecule has 1 aliphatic heterocycles. The van der Waals surface area contributed by atoms with Gasteiger partial charge in [-0.2, -0.15) is 15.4 Å². The van der Waals surface area contributed by atoms with Gasteiger partial charge in [-0.05, 0) is 20.8 Å². The topological polar surface area (TPSA) is 83.1 Å². The number of nitrogens with zero attached hydrogens (tertiary/aromatic N) is 3. The second-order valence-electron chi connectivity index (χ2n) is 5.16.